The maximum atomic E-state index is 13.3. The van der Waals surface area contributed by atoms with Crippen molar-refractivity contribution in [2.24, 2.45) is 23.1 Å². The van der Waals surface area contributed by atoms with Gasteiger partial charge in [-0.3, -0.25) is 24.0 Å². The number of aromatic amines is 1. The number of para-hydroxylation sites is 1. The Morgan fingerprint density at radius 1 is 0.829 bits per heavy atom. The van der Waals surface area contributed by atoms with Crippen molar-refractivity contribution in [3.05, 3.63) is 36.0 Å². The van der Waals surface area contributed by atoms with Gasteiger partial charge in [0.15, 0.2) is 0 Å². The average Bonchev–Trinajstić information content (AvgIpc) is 3.30. The molecule has 4 unspecified atom stereocenters. The number of nitrogens with two attached hydrogens (primary N) is 3. The number of carboxylic acids is 1. The molecule has 0 bridgehead atoms. The number of H-pyrrole nitrogens is 1. The van der Waals surface area contributed by atoms with Gasteiger partial charge in [-0.1, -0.05) is 32.0 Å². The fourth-order valence-corrected chi connectivity index (χ4v) is 4.23. The second kappa shape index (κ2) is 15.4. The van der Waals surface area contributed by atoms with Crippen LogP contribution in [0.4, 0.5) is 0 Å². The van der Waals surface area contributed by atoms with Crippen molar-refractivity contribution in [2.75, 3.05) is 0 Å². The van der Waals surface area contributed by atoms with Crippen LogP contribution in [0.5, 0.6) is 0 Å². The maximum Gasteiger partial charge on any atom is 0.326 e. The van der Waals surface area contributed by atoms with E-state index in [1.54, 1.807) is 6.20 Å². The van der Waals surface area contributed by atoms with E-state index in [1.807, 2.05) is 38.1 Å². The minimum absolute atomic E-state index is 0.00603. The number of amides is 5. The monoisotopic (exact) mass is 573 g/mol. The van der Waals surface area contributed by atoms with Crippen LogP contribution in [0.25, 0.3) is 10.9 Å². The number of carboxylic acid groups (broad SMARTS) is 1. The fraction of sp³-hybridized carbons (Fsp3) is 0.481. The highest BCUT2D eigenvalue weighted by molar-refractivity contribution is 5.94. The molecule has 5 amide bonds. The van der Waals surface area contributed by atoms with Crippen LogP contribution in [-0.4, -0.2) is 69.8 Å². The third-order valence-electron chi connectivity index (χ3n) is 6.40. The highest BCUT2D eigenvalue weighted by Crippen LogP contribution is 2.19. The van der Waals surface area contributed by atoms with Crippen LogP contribution in [-0.2, 0) is 35.2 Å². The van der Waals surface area contributed by atoms with Crippen LogP contribution in [0, 0.1) is 5.92 Å². The molecule has 1 aromatic heterocycles. The van der Waals surface area contributed by atoms with Crippen LogP contribution >= 0.6 is 0 Å². The molecule has 224 valence electrons. The van der Waals surface area contributed by atoms with E-state index >= 15 is 0 Å². The molecule has 0 aliphatic rings. The first-order valence-corrected chi connectivity index (χ1v) is 13.3. The van der Waals surface area contributed by atoms with E-state index in [0.29, 0.717) is 5.56 Å². The van der Waals surface area contributed by atoms with Crippen molar-refractivity contribution < 1.29 is 33.9 Å². The zero-order chi connectivity index (χ0) is 30.7. The number of carbonyl (C=O) groups is 6. The summed E-state index contributed by atoms with van der Waals surface area (Å²) in [7, 11) is 0. The van der Waals surface area contributed by atoms with Gasteiger partial charge in [0.1, 0.15) is 18.1 Å². The second-order valence-electron chi connectivity index (χ2n) is 10.3. The van der Waals surface area contributed by atoms with E-state index in [9.17, 15) is 33.9 Å². The minimum Gasteiger partial charge on any atom is -0.480 e. The molecule has 1 aromatic carbocycles. The number of aliphatic carboxylic acids is 1. The molecule has 1 heterocycles. The highest BCUT2D eigenvalue weighted by Gasteiger charge is 2.31. The lowest BCUT2D eigenvalue weighted by Crippen LogP contribution is -2.57. The van der Waals surface area contributed by atoms with Crippen molar-refractivity contribution in [3.63, 3.8) is 0 Å². The summed E-state index contributed by atoms with van der Waals surface area (Å²) < 4.78 is 0. The molecular formula is C27H39N7O7. The number of hydrogen-bond donors (Lipinski definition) is 8. The summed E-state index contributed by atoms with van der Waals surface area (Å²) >= 11 is 0. The van der Waals surface area contributed by atoms with Crippen LogP contribution in [0.1, 0.15) is 51.5 Å². The van der Waals surface area contributed by atoms with E-state index < -0.39 is 59.7 Å². The first-order chi connectivity index (χ1) is 19.3. The van der Waals surface area contributed by atoms with Gasteiger partial charge in [-0.25, -0.2) is 4.79 Å². The first-order valence-electron chi connectivity index (χ1n) is 13.3. The molecule has 0 aliphatic heterocycles. The Bertz CT molecular complexity index is 1260. The number of carbonyl (C=O) groups excluding carboxylic acids is 5. The van der Waals surface area contributed by atoms with Gasteiger partial charge < -0.3 is 43.2 Å². The van der Waals surface area contributed by atoms with Crippen molar-refractivity contribution in [2.45, 2.75) is 76.5 Å². The minimum atomic E-state index is -1.29. The molecule has 0 fully saturated rings. The number of hydrogen-bond acceptors (Lipinski definition) is 7. The maximum absolute atomic E-state index is 13.3. The molecule has 14 nitrogen and oxygen atoms in total. The molecule has 2 aromatic rings. The van der Waals surface area contributed by atoms with Gasteiger partial charge in [0.2, 0.25) is 29.5 Å². The van der Waals surface area contributed by atoms with Gasteiger partial charge in [0.25, 0.3) is 0 Å². The Balaban J connectivity index is 2.18. The summed E-state index contributed by atoms with van der Waals surface area (Å²) in [5, 5.41) is 18.2. The molecule has 11 N–H and O–H groups in total. The molecule has 0 spiro atoms. The lowest BCUT2D eigenvalue weighted by Gasteiger charge is -2.26. The Hall–Kier alpha value is -4.46. The number of benzene rings is 1. The standard InChI is InChI=1S/C27H39N7O7/c1-14(2)11-20(26(39)34-21(27(40)41)12-15-13-31-18-6-4-3-5-16(15)18)33-25(38)19(8-10-23(30)36)32-24(37)17(28)7-9-22(29)35/h3-6,13-14,17,19-21,31H,7-12,28H2,1-2H3,(H2,29,35)(H2,30,36)(H,32,37)(H,33,38)(H,34,39)(H,40,41). The van der Waals surface area contributed by atoms with Crippen molar-refractivity contribution in [1.82, 2.24) is 20.9 Å². The van der Waals surface area contributed by atoms with Gasteiger partial charge in [-0.15, -0.1) is 0 Å². The largest absolute Gasteiger partial charge is 0.480 e. The zero-order valence-corrected chi connectivity index (χ0v) is 23.1. The third-order valence-corrected chi connectivity index (χ3v) is 6.40. The van der Waals surface area contributed by atoms with E-state index in [4.69, 9.17) is 17.2 Å². The summed E-state index contributed by atoms with van der Waals surface area (Å²) in [4.78, 5) is 76.5. The molecule has 0 saturated carbocycles. The summed E-state index contributed by atoms with van der Waals surface area (Å²) in [5.41, 5.74) is 17.6. The molecular weight excluding hydrogens is 534 g/mol. The topological polar surface area (TPSA) is 253 Å². The number of aromatic nitrogens is 1. The number of primary amides is 2. The molecule has 2 rings (SSSR count). The van der Waals surface area contributed by atoms with Gasteiger partial charge in [-0.2, -0.15) is 0 Å². The Kier molecular flexibility index (Phi) is 12.3. The quantitative estimate of drug-likeness (QED) is 0.118. The number of nitrogens with one attached hydrogen (secondary N) is 4. The highest BCUT2D eigenvalue weighted by atomic mass is 16.4. The average molecular weight is 574 g/mol. The predicted molar refractivity (Wildman–Crippen MR) is 150 cm³/mol. The Morgan fingerprint density at radius 2 is 1.39 bits per heavy atom. The van der Waals surface area contributed by atoms with Crippen LogP contribution in [0.3, 0.4) is 0 Å². The van der Waals surface area contributed by atoms with Gasteiger partial charge in [0, 0.05) is 36.4 Å². The fourth-order valence-electron chi connectivity index (χ4n) is 4.23. The van der Waals surface area contributed by atoms with E-state index in [2.05, 4.69) is 20.9 Å². The van der Waals surface area contributed by atoms with E-state index in [1.165, 1.54) is 0 Å². The van der Waals surface area contributed by atoms with Crippen molar-refractivity contribution in [1.29, 1.82) is 0 Å². The van der Waals surface area contributed by atoms with E-state index in [-0.39, 0.29) is 44.4 Å². The summed E-state index contributed by atoms with van der Waals surface area (Å²) in [5.74, 6) is -4.97. The van der Waals surface area contributed by atoms with Crippen LogP contribution in [0.2, 0.25) is 0 Å². The molecule has 14 heteroatoms. The smallest absolute Gasteiger partial charge is 0.326 e. The number of fused-ring (bicyclic) bond motifs is 1. The summed E-state index contributed by atoms with van der Waals surface area (Å²) in [6.07, 6.45) is 1.20. The number of rotatable bonds is 17. The van der Waals surface area contributed by atoms with Crippen molar-refractivity contribution >= 4 is 46.4 Å². The Morgan fingerprint density at radius 3 is 2.00 bits per heavy atom. The molecule has 0 radical (unpaired) electrons. The lowest BCUT2D eigenvalue weighted by atomic mass is 10.00. The van der Waals surface area contributed by atoms with Crippen molar-refractivity contribution in [3.8, 4) is 0 Å². The third kappa shape index (κ3) is 10.6. The second-order valence-corrected chi connectivity index (χ2v) is 10.3. The SMILES string of the molecule is CC(C)CC(NC(=O)C(CCC(N)=O)NC(=O)C(N)CCC(N)=O)C(=O)NC(Cc1c[nH]c2ccccc12)C(=O)O. The van der Waals surface area contributed by atoms with Gasteiger partial charge in [-0.05, 0) is 36.8 Å². The predicted octanol–water partition coefficient (Wildman–Crippen LogP) is -0.846. The summed E-state index contributed by atoms with van der Waals surface area (Å²) in [6.45, 7) is 3.63. The lowest BCUT2D eigenvalue weighted by molar-refractivity contribution is -0.142. The van der Waals surface area contributed by atoms with Gasteiger partial charge >= 0.3 is 5.97 Å². The molecule has 4 atom stereocenters. The molecule has 0 saturated heterocycles. The molecule has 0 aliphatic carbocycles. The van der Waals surface area contributed by atoms with Crippen LogP contribution in [0.15, 0.2) is 30.5 Å². The summed E-state index contributed by atoms with van der Waals surface area (Å²) in [6, 6.07) is 2.47. The van der Waals surface area contributed by atoms with Crippen LogP contribution < -0.4 is 33.2 Å². The van der Waals surface area contributed by atoms with Gasteiger partial charge in [0.05, 0.1) is 6.04 Å². The first kappa shape index (κ1) is 32.8. The normalized spacial score (nSPS) is 14.0. The Labute approximate surface area is 237 Å². The molecule has 41 heavy (non-hydrogen) atoms. The van der Waals surface area contributed by atoms with E-state index in [0.717, 1.165) is 10.9 Å². The zero-order valence-electron chi connectivity index (χ0n) is 23.1.